The number of rotatable bonds is 7. The van der Waals surface area contributed by atoms with Crippen LogP contribution in [-0.4, -0.2) is 61.9 Å². The Morgan fingerprint density at radius 1 is 1.14 bits per heavy atom. The van der Waals surface area contributed by atoms with Gasteiger partial charge in [-0.2, -0.15) is 0 Å². The number of aliphatic carboxylic acids is 3. The van der Waals surface area contributed by atoms with Gasteiger partial charge in [0.2, 0.25) is 0 Å². The van der Waals surface area contributed by atoms with Gasteiger partial charge in [-0.3, -0.25) is 23.5 Å². The van der Waals surface area contributed by atoms with Crippen molar-refractivity contribution >= 4 is 56.3 Å². The van der Waals surface area contributed by atoms with Gasteiger partial charge >= 0.3 is 33.8 Å². The van der Waals surface area contributed by atoms with Crippen molar-refractivity contribution in [2.45, 2.75) is 21.9 Å². The Morgan fingerprint density at radius 2 is 1.50 bits per heavy atom. The van der Waals surface area contributed by atoms with E-state index < -0.39 is 55.7 Å². The third-order valence-corrected chi connectivity index (χ3v) is 6.05. The number of hydrogen-bond acceptors (Lipinski definition) is 5. The molecule has 0 bridgehead atoms. The number of carboxylic acid groups (broad SMARTS) is 3. The first-order valence-corrected chi connectivity index (χ1v) is 9.15. The maximum absolute atomic E-state index is 11.3. The highest BCUT2D eigenvalue weighted by Crippen LogP contribution is 2.57. The van der Waals surface area contributed by atoms with Crippen LogP contribution < -0.4 is 0 Å². The molecule has 2 unspecified atom stereocenters. The minimum atomic E-state index is -5.38. The third kappa shape index (κ3) is 7.13. The number of alkyl halides is 1. The van der Waals surface area contributed by atoms with E-state index >= 15 is 0 Å². The molecule has 130 valence electrons. The van der Waals surface area contributed by atoms with Gasteiger partial charge in [0.1, 0.15) is 3.92 Å². The van der Waals surface area contributed by atoms with Gasteiger partial charge in [-0.05, 0) is 6.42 Å². The summed E-state index contributed by atoms with van der Waals surface area (Å²) in [4.78, 5) is 64.8. The fraction of sp³-hybridized carbons (Fsp3) is 0.571. The predicted molar refractivity (Wildman–Crippen MR) is 78.2 cm³/mol. The van der Waals surface area contributed by atoms with Crippen LogP contribution in [0.2, 0.25) is 0 Å². The number of carboxylic acids is 3. The van der Waals surface area contributed by atoms with Gasteiger partial charge in [0, 0.05) is 6.42 Å². The molecule has 7 N–H and O–H groups in total. The van der Waals surface area contributed by atoms with Crippen molar-refractivity contribution in [3.8, 4) is 0 Å². The summed E-state index contributed by atoms with van der Waals surface area (Å²) in [6.07, 6.45) is -1.86. The van der Waals surface area contributed by atoms with Crippen LogP contribution in [-0.2, 0) is 23.5 Å². The van der Waals surface area contributed by atoms with Crippen molar-refractivity contribution in [2.24, 2.45) is 0 Å². The summed E-state index contributed by atoms with van der Waals surface area (Å²) in [5, 5.41) is 23.2. The maximum Gasteiger partial charge on any atom is 0.344 e. The van der Waals surface area contributed by atoms with Gasteiger partial charge in [0.15, 0.2) is 5.16 Å². The quantitative estimate of drug-likeness (QED) is 0.134. The number of halogens is 1. The molecule has 12 nitrogen and oxygen atoms in total. The SMILES string of the molecule is O=C(O)CCC(C(=O)O)(C(I)C(=O)O)P(=O)(O)O.O=[PH](O)O. The average molecular weight is 478 g/mol. The van der Waals surface area contributed by atoms with Gasteiger partial charge in [0.25, 0.3) is 0 Å². The number of hydrogen-bond donors (Lipinski definition) is 7. The molecule has 0 aromatic carbocycles. The molecule has 0 saturated heterocycles. The molecule has 0 amide bonds. The zero-order chi connectivity index (χ0) is 18.3. The lowest BCUT2D eigenvalue weighted by Gasteiger charge is -2.31. The Labute approximate surface area is 137 Å². The van der Waals surface area contributed by atoms with E-state index in [9.17, 15) is 18.9 Å². The molecular weight excluding hydrogens is 465 g/mol. The molecule has 2 atom stereocenters. The molecule has 0 heterocycles. The topological polar surface area (TPSA) is 227 Å². The predicted octanol–water partition coefficient (Wildman–Crippen LogP) is -0.899. The second-order valence-electron chi connectivity index (χ2n) is 3.65. The van der Waals surface area contributed by atoms with E-state index in [-0.39, 0.29) is 0 Å². The average Bonchev–Trinajstić information content (AvgIpc) is 2.25. The Hall–Kier alpha value is -0.560. The van der Waals surface area contributed by atoms with E-state index in [1.807, 2.05) is 0 Å². The van der Waals surface area contributed by atoms with Gasteiger partial charge in [-0.25, -0.2) is 0 Å². The molecule has 22 heavy (non-hydrogen) atoms. The third-order valence-electron chi connectivity index (χ3n) is 2.25. The van der Waals surface area contributed by atoms with E-state index in [0.717, 1.165) is 22.6 Å². The molecule has 0 aromatic rings. The maximum atomic E-state index is 11.3. The zero-order valence-electron chi connectivity index (χ0n) is 10.5. The highest BCUT2D eigenvalue weighted by atomic mass is 127. The van der Waals surface area contributed by atoms with Crippen LogP contribution in [0.15, 0.2) is 0 Å². The highest BCUT2D eigenvalue weighted by Gasteiger charge is 2.61. The monoisotopic (exact) mass is 478 g/mol. The van der Waals surface area contributed by atoms with Crippen molar-refractivity contribution in [1.82, 2.24) is 0 Å². The first-order valence-electron chi connectivity index (χ1n) is 4.99. The molecule has 15 heteroatoms. The Bertz CT molecular complexity index is 496. The van der Waals surface area contributed by atoms with Crippen molar-refractivity contribution in [2.75, 3.05) is 0 Å². The minimum Gasteiger partial charge on any atom is -0.481 e. The molecule has 0 spiro atoms. The van der Waals surface area contributed by atoms with Gasteiger partial charge in [0.05, 0.1) is 0 Å². The molecule has 0 aliphatic rings. The smallest absolute Gasteiger partial charge is 0.344 e. The van der Waals surface area contributed by atoms with E-state index in [2.05, 4.69) is 0 Å². The standard InChI is InChI=1S/C7H10IO9P.H3O3P/c8-4(5(11)12)7(6(13)14,18(15,16)17)2-1-3(9)10;1-4(2)3/h4H,1-2H2,(H,9,10)(H,11,12)(H,13,14)(H2,15,16,17);4H,(H2,1,2,3). The van der Waals surface area contributed by atoms with Crippen LogP contribution in [0.25, 0.3) is 0 Å². The molecule has 0 aromatic heterocycles. The molecule has 0 saturated carbocycles. The van der Waals surface area contributed by atoms with Gasteiger partial charge in [-0.1, -0.05) is 22.6 Å². The summed E-state index contributed by atoms with van der Waals surface area (Å²) in [6, 6.07) is 0. The van der Waals surface area contributed by atoms with Crippen LogP contribution in [0.4, 0.5) is 0 Å². The number of carbonyl (C=O) groups is 3. The van der Waals surface area contributed by atoms with Crippen LogP contribution in [0.5, 0.6) is 0 Å². The summed E-state index contributed by atoms with van der Waals surface area (Å²) >= 11 is 1.07. The fourth-order valence-corrected chi connectivity index (χ4v) is 3.99. The molecule has 0 aliphatic heterocycles. The second kappa shape index (κ2) is 9.55. The Balaban J connectivity index is 0. The molecule has 0 aliphatic carbocycles. The molecule has 0 radical (unpaired) electrons. The summed E-state index contributed by atoms with van der Waals surface area (Å²) in [6.45, 7) is 0. The van der Waals surface area contributed by atoms with Crippen molar-refractivity contribution in [3.63, 3.8) is 0 Å². The molecule has 0 fully saturated rings. The fourth-order valence-electron chi connectivity index (χ4n) is 1.26. The van der Waals surface area contributed by atoms with Crippen molar-refractivity contribution in [3.05, 3.63) is 0 Å². The highest BCUT2D eigenvalue weighted by molar-refractivity contribution is 14.1. The van der Waals surface area contributed by atoms with E-state index in [1.165, 1.54) is 0 Å². The summed E-state index contributed by atoms with van der Waals surface area (Å²) in [5.74, 6) is -5.27. The summed E-state index contributed by atoms with van der Waals surface area (Å²) < 4.78 is 18.1. The second-order valence-corrected chi connectivity index (χ2v) is 7.35. The largest absolute Gasteiger partial charge is 0.481 e. The van der Waals surface area contributed by atoms with E-state index in [1.54, 1.807) is 0 Å². The van der Waals surface area contributed by atoms with Gasteiger partial charge < -0.3 is 34.9 Å². The lowest BCUT2D eigenvalue weighted by molar-refractivity contribution is -0.147. The lowest BCUT2D eigenvalue weighted by Crippen LogP contribution is -2.50. The van der Waals surface area contributed by atoms with Crippen LogP contribution in [0.3, 0.4) is 0 Å². The first kappa shape index (κ1) is 23.7. The Morgan fingerprint density at radius 3 is 1.68 bits per heavy atom. The lowest BCUT2D eigenvalue weighted by atomic mass is 9.98. The van der Waals surface area contributed by atoms with Crippen LogP contribution in [0, 0.1) is 0 Å². The Kier molecular flexibility index (Phi) is 10.3. The van der Waals surface area contributed by atoms with Crippen molar-refractivity contribution in [1.29, 1.82) is 0 Å². The van der Waals surface area contributed by atoms with Crippen molar-refractivity contribution < 1.29 is 58.4 Å². The van der Waals surface area contributed by atoms with Gasteiger partial charge in [-0.15, -0.1) is 0 Å². The summed E-state index contributed by atoms with van der Waals surface area (Å²) in [7, 11) is -8.51. The van der Waals surface area contributed by atoms with E-state index in [4.69, 9.17) is 39.5 Å². The molecule has 0 rings (SSSR count). The normalized spacial score (nSPS) is 15.2. The van der Waals surface area contributed by atoms with Crippen LogP contribution in [0.1, 0.15) is 12.8 Å². The molecular formula is C7H13IO12P2. The van der Waals surface area contributed by atoms with E-state index in [0.29, 0.717) is 0 Å². The first-order chi connectivity index (χ1) is 9.70. The van der Waals surface area contributed by atoms with Crippen LogP contribution >= 0.6 is 38.4 Å². The summed E-state index contributed by atoms with van der Waals surface area (Å²) in [5.41, 5.74) is 0. The zero-order valence-corrected chi connectivity index (χ0v) is 14.5. The minimum absolute atomic E-state index is 0.871.